The molecule has 0 bridgehead atoms. The van der Waals surface area contributed by atoms with Crippen molar-refractivity contribution in [3.63, 3.8) is 0 Å². The Labute approximate surface area is 131 Å². The predicted molar refractivity (Wildman–Crippen MR) is 81.2 cm³/mol. The molecule has 0 unspecified atom stereocenters. The quantitative estimate of drug-likeness (QED) is 0.723. The maximum Gasteiger partial charge on any atom is 0.255 e. The van der Waals surface area contributed by atoms with Crippen LogP contribution in [0, 0.1) is 5.82 Å². The second-order valence-corrected chi connectivity index (χ2v) is 5.82. The molecule has 0 saturated carbocycles. The Morgan fingerprint density at radius 3 is 2.53 bits per heavy atom. The SMILES string of the molecule is O=C(Nc1cc(F)ccc1Br)c1ccc(Cl)c(Br)c1. The summed E-state index contributed by atoms with van der Waals surface area (Å²) in [6.45, 7) is 0. The van der Waals surface area contributed by atoms with Crippen LogP contribution in [0.3, 0.4) is 0 Å². The third-order valence-corrected chi connectivity index (χ3v) is 4.26. The largest absolute Gasteiger partial charge is 0.321 e. The van der Waals surface area contributed by atoms with Gasteiger partial charge in [-0.1, -0.05) is 11.6 Å². The molecule has 19 heavy (non-hydrogen) atoms. The summed E-state index contributed by atoms with van der Waals surface area (Å²) in [5.74, 6) is -0.764. The van der Waals surface area contributed by atoms with Crippen molar-refractivity contribution in [1.29, 1.82) is 0 Å². The molecule has 0 aliphatic rings. The van der Waals surface area contributed by atoms with Crippen LogP contribution in [0.4, 0.5) is 10.1 Å². The molecule has 0 saturated heterocycles. The molecule has 2 nitrogen and oxygen atoms in total. The van der Waals surface area contributed by atoms with Crippen molar-refractivity contribution in [2.75, 3.05) is 5.32 Å². The lowest BCUT2D eigenvalue weighted by Gasteiger charge is -2.08. The molecule has 1 N–H and O–H groups in total. The average Bonchev–Trinajstić information content (AvgIpc) is 2.37. The second kappa shape index (κ2) is 6.03. The molecular weight excluding hydrogens is 400 g/mol. The van der Waals surface area contributed by atoms with Gasteiger partial charge in [0, 0.05) is 14.5 Å². The van der Waals surface area contributed by atoms with Crippen molar-refractivity contribution in [3.05, 3.63) is 61.7 Å². The summed E-state index contributed by atoms with van der Waals surface area (Å²) < 4.78 is 14.4. The molecule has 0 aliphatic heterocycles. The fourth-order valence-electron chi connectivity index (χ4n) is 1.43. The first kappa shape index (κ1) is 14.5. The van der Waals surface area contributed by atoms with Gasteiger partial charge in [-0.2, -0.15) is 0 Å². The third-order valence-electron chi connectivity index (χ3n) is 2.36. The van der Waals surface area contributed by atoms with Crippen LogP contribution >= 0.6 is 43.5 Å². The summed E-state index contributed by atoms with van der Waals surface area (Å²) in [5, 5.41) is 3.14. The van der Waals surface area contributed by atoms with E-state index in [-0.39, 0.29) is 5.91 Å². The highest BCUT2D eigenvalue weighted by Gasteiger charge is 2.10. The van der Waals surface area contributed by atoms with Gasteiger partial charge in [0.15, 0.2) is 0 Å². The van der Waals surface area contributed by atoms with E-state index in [9.17, 15) is 9.18 Å². The standard InChI is InChI=1S/C13H7Br2ClFNO/c14-9-3-2-8(17)6-12(9)18-13(19)7-1-4-11(16)10(15)5-7/h1-6H,(H,18,19). The molecule has 0 heterocycles. The number of rotatable bonds is 2. The third kappa shape index (κ3) is 3.55. The Morgan fingerprint density at radius 1 is 1.11 bits per heavy atom. The summed E-state index contributed by atoms with van der Waals surface area (Å²) in [7, 11) is 0. The van der Waals surface area contributed by atoms with E-state index < -0.39 is 5.82 Å². The molecular formula is C13H7Br2ClFNO. The summed E-state index contributed by atoms with van der Waals surface area (Å²) in [5.41, 5.74) is 0.795. The van der Waals surface area contributed by atoms with Crippen molar-refractivity contribution in [1.82, 2.24) is 0 Å². The van der Waals surface area contributed by atoms with Crippen LogP contribution in [0.1, 0.15) is 10.4 Å². The summed E-state index contributed by atoms with van der Waals surface area (Å²) in [4.78, 5) is 12.0. The Hall–Kier alpha value is -0.910. The number of nitrogens with one attached hydrogen (secondary N) is 1. The minimum atomic E-state index is -0.421. The lowest BCUT2D eigenvalue weighted by Crippen LogP contribution is -2.12. The van der Waals surface area contributed by atoms with Gasteiger partial charge in [0.2, 0.25) is 0 Å². The number of halogens is 4. The summed E-state index contributed by atoms with van der Waals surface area (Å²) in [6, 6.07) is 8.88. The first-order chi connectivity index (χ1) is 8.97. The highest BCUT2D eigenvalue weighted by atomic mass is 79.9. The molecule has 0 aromatic heterocycles. The zero-order chi connectivity index (χ0) is 14.0. The van der Waals surface area contributed by atoms with Crippen LogP contribution in [0.15, 0.2) is 45.3 Å². The lowest BCUT2D eigenvalue weighted by atomic mass is 10.2. The normalized spacial score (nSPS) is 10.3. The molecule has 0 radical (unpaired) electrons. The first-order valence-electron chi connectivity index (χ1n) is 5.19. The highest BCUT2D eigenvalue weighted by molar-refractivity contribution is 9.11. The van der Waals surface area contributed by atoms with Gasteiger partial charge in [0.1, 0.15) is 5.82 Å². The molecule has 2 aromatic rings. The summed E-state index contributed by atoms with van der Waals surface area (Å²) in [6.07, 6.45) is 0. The first-order valence-corrected chi connectivity index (χ1v) is 7.15. The minimum Gasteiger partial charge on any atom is -0.321 e. The second-order valence-electron chi connectivity index (χ2n) is 3.71. The molecule has 1 amide bonds. The van der Waals surface area contributed by atoms with E-state index in [0.717, 1.165) is 0 Å². The van der Waals surface area contributed by atoms with E-state index in [1.807, 2.05) is 0 Å². The topological polar surface area (TPSA) is 29.1 Å². The van der Waals surface area contributed by atoms with Gasteiger partial charge in [0.25, 0.3) is 5.91 Å². The monoisotopic (exact) mass is 405 g/mol. The van der Waals surface area contributed by atoms with E-state index in [1.54, 1.807) is 18.2 Å². The fraction of sp³-hybridized carbons (Fsp3) is 0. The number of benzene rings is 2. The lowest BCUT2D eigenvalue weighted by molar-refractivity contribution is 0.102. The molecule has 98 valence electrons. The molecule has 0 fully saturated rings. The van der Waals surface area contributed by atoms with Crippen LogP contribution in [-0.4, -0.2) is 5.91 Å². The van der Waals surface area contributed by atoms with Crippen molar-refractivity contribution in [2.45, 2.75) is 0 Å². The van der Waals surface area contributed by atoms with E-state index in [4.69, 9.17) is 11.6 Å². The Balaban J connectivity index is 2.25. The van der Waals surface area contributed by atoms with E-state index in [2.05, 4.69) is 37.2 Å². The summed E-state index contributed by atoms with van der Waals surface area (Å²) >= 11 is 12.3. The van der Waals surface area contributed by atoms with E-state index in [0.29, 0.717) is 25.2 Å². The van der Waals surface area contributed by atoms with Gasteiger partial charge >= 0.3 is 0 Å². The highest BCUT2D eigenvalue weighted by Crippen LogP contribution is 2.26. The Bertz CT molecular complexity index is 649. The zero-order valence-corrected chi connectivity index (χ0v) is 13.3. The number of carbonyl (C=O) groups excluding carboxylic acids is 1. The molecule has 0 aliphatic carbocycles. The number of carbonyl (C=O) groups is 1. The number of hydrogen-bond donors (Lipinski definition) is 1. The molecule has 6 heteroatoms. The number of anilines is 1. The Morgan fingerprint density at radius 2 is 1.84 bits per heavy atom. The van der Waals surface area contributed by atoms with Crippen molar-refractivity contribution in [3.8, 4) is 0 Å². The number of hydrogen-bond acceptors (Lipinski definition) is 1. The fourth-order valence-corrected chi connectivity index (χ4v) is 2.27. The van der Waals surface area contributed by atoms with Crippen LogP contribution < -0.4 is 5.32 Å². The average molecular weight is 407 g/mol. The van der Waals surface area contributed by atoms with Gasteiger partial charge in [-0.25, -0.2) is 4.39 Å². The van der Waals surface area contributed by atoms with Gasteiger partial charge in [-0.3, -0.25) is 4.79 Å². The van der Waals surface area contributed by atoms with Crippen molar-refractivity contribution in [2.24, 2.45) is 0 Å². The van der Waals surface area contributed by atoms with Crippen molar-refractivity contribution < 1.29 is 9.18 Å². The molecule has 0 atom stereocenters. The molecule has 0 spiro atoms. The van der Waals surface area contributed by atoms with E-state index >= 15 is 0 Å². The van der Waals surface area contributed by atoms with Crippen LogP contribution in [-0.2, 0) is 0 Å². The van der Waals surface area contributed by atoms with Crippen molar-refractivity contribution >= 4 is 55.1 Å². The van der Waals surface area contributed by atoms with Crippen LogP contribution in [0.5, 0.6) is 0 Å². The van der Waals surface area contributed by atoms with Crippen LogP contribution in [0.2, 0.25) is 5.02 Å². The maximum atomic E-state index is 13.1. The number of amides is 1. The van der Waals surface area contributed by atoms with Crippen LogP contribution in [0.25, 0.3) is 0 Å². The van der Waals surface area contributed by atoms with Gasteiger partial charge < -0.3 is 5.32 Å². The minimum absolute atomic E-state index is 0.344. The zero-order valence-electron chi connectivity index (χ0n) is 9.38. The maximum absolute atomic E-state index is 13.1. The molecule has 2 aromatic carbocycles. The van der Waals surface area contributed by atoms with Gasteiger partial charge in [-0.15, -0.1) is 0 Å². The van der Waals surface area contributed by atoms with Gasteiger partial charge in [-0.05, 0) is 68.3 Å². The Kier molecular flexibility index (Phi) is 4.60. The van der Waals surface area contributed by atoms with E-state index in [1.165, 1.54) is 18.2 Å². The predicted octanol–water partition coefficient (Wildman–Crippen LogP) is 5.26. The smallest absolute Gasteiger partial charge is 0.255 e. The van der Waals surface area contributed by atoms with Gasteiger partial charge in [0.05, 0.1) is 10.7 Å². The molecule has 2 rings (SSSR count).